The lowest BCUT2D eigenvalue weighted by Crippen LogP contribution is -2.59. The number of halogens is 1. The van der Waals surface area contributed by atoms with E-state index in [4.69, 9.17) is 16.3 Å². The van der Waals surface area contributed by atoms with Crippen LogP contribution in [0, 0.1) is 5.92 Å². The quantitative estimate of drug-likeness (QED) is 0.863. The summed E-state index contributed by atoms with van der Waals surface area (Å²) in [6.07, 6.45) is 0.314. The highest BCUT2D eigenvalue weighted by Crippen LogP contribution is 2.31. The van der Waals surface area contributed by atoms with E-state index in [0.717, 1.165) is 24.4 Å². The minimum atomic E-state index is -0.222. The number of nitrogens with one attached hydrogen (secondary N) is 1. The molecule has 2 aliphatic rings. The van der Waals surface area contributed by atoms with Crippen molar-refractivity contribution in [3.63, 3.8) is 0 Å². The van der Waals surface area contributed by atoms with Gasteiger partial charge in [-0.15, -0.1) is 0 Å². The average molecular weight is 352 g/mol. The Morgan fingerprint density at radius 3 is 2.79 bits per heavy atom. The fraction of sp³-hybridized carbons (Fsp3) is 0.529. The van der Waals surface area contributed by atoms with Crippen molar-refractivity contribution in [2.75, 3.05) is 33.8 Å². The molecule has 0 bridgehead atoms. The fourth-order valence-electron chi connectivity index (χ4n) is 3.44. The van der Waals surface area contributed by atoms with E-state index in [1.165, 1.54) is 0 Å². The second-order valence-electron chi connectivity index (χ2n) is 6.33. The van der Waals surface area contributed by atoms with Crippen LogP contribution in [0.4, 0.5) is 0 Å². The van der Waals surface area contributed by atoms with Crippen LogP contribution in [-0.4, -0.2) is 61.4 Å². The van der Waals surface area contributed by atoms with E-state index in [1.54, 1.807) is 14.2 Å². The van der Waals surface area contributed by atoms with Crippen molar-refractivity contribution in [1.29, 1.82) is 0 Å². The Kier molecular flexibility index (Phi) is 4.96. The Bertz CT molecular complexity index is 646. The zero-order valence-corrected chi connectivity index (χ0v) is 14.7. The molecule has 2 fully saturated rings. The highest BCUT2D eigenvalue weighted by molar-refractivity contribution is 6.31. The number of rotatable bonds is 5. The Labute approximate surface area is 146 Å². The van der Waals surface area contributed by atoms with Gasteiger partial charge in [-0.3, -0.25) is 14.5 Å². The summed E-state index contributed by atoms with van der Waals surface area (Å²) in [5, 5.41) is 3.32. The Balaban J connectivity index is 1.57. The van der Waals surface area contributed by atoms with Gasteiger partial charge >= 0.3 is 0 Å². The summed E-state index contributed by atoms with van der Waals surface area (Å²) in [5.41, 5.74) is 0.969. The lowest BCUT2D eigenvalue weighted by Gasteiger charge is -2.44. The molecule has 0 aliphatic carbocycles. The van der Waals surface area contributed by atoms with Crippen LogP contribution < -0.4 is 10.1 Å². The van der Waals surface area contributed by atoms with Gasteiger partial charge in [0.2, 0.25) is 11.8 Å². The molecule has 1 N–H and O–H groups in total. The van der Waals surface area contributed by atoms with Gasteiger partial charge in [-0.25, -0.2) is 0 Å². The average Bonchev–Trinajstić information content (AvgIpc) is 2.92. The topological polar surface area (TPSA) is 61.9 Å². The van der Waals surface area contributed by atoms with Gasteiger partial charge in [0.15, 0.2) is 0 Å². The zero-order valence-electron chi connectivity index (χ0n) is 13.9. The number of ether oxygens (including phenoxy) is 1. The highest BCUT2D eigenvalue weighted by Gasteiger charge is 2.42. The van der Waals surface area contributed by atoms with Gasteiger partial charge in [-0.05, 0) is 12.1 Å². The van der Waals surface area contributed by atoms with Crippen molar-refractivity contribution in [3.05, 3.63) is 28.8 Å². The first-order valence-corrected chi connectivity index (χ1v) is 8.46. The van der Waals surface area contributed by atoms with Crippen molar-refractivity contribution in [2.24, 2.45) is 5.92 Å². The fourth-order valence-corrected chi connectivity index (χ4v) is 3.67. The summed E-state index contributed by atoms with van der Waals surface area (Å²) in [5.74, 6) is 0.578. The number of benzene rings is 1. The van der Waals surface area contributed by atoms with Crippen LogP contribution in [0.3, 0.4) is 0 Å². The molecule has 0 radical (unpaired) electrons. The lowest BCUT2D eigenvalue weighted by molar-refractivity contribution is -0.133. The zero-order chi connectivity index (χ0) is 17.3. The van der Waals surface area contributed by atoms with Gasteiger partial charge in [0.1, 0.15) is 5.75 Å². The lowest BCUT2D eigenvalue weighted by atomic mass is 10.0. The first-order chi connectivity index (χ1) is 11.5. The van der Waals surface area contributed by atoms with Gasteiger partial charge in [0, 0.05) is 50.2 Å². The van der Waals surface area contributed by atoms with Crippen molar-refractivity contribution < 1.29 is 14.3 Å². The Morgan fingerprint density at radius 2 is 2.12 bits per heavy atom. The summed E-state index contributed by atoms with van der Waals surface area (Å²) in [7, 11) is 3.24. The predicted molar refractivity (Wildman–Crippen MR) is 91.0 cm³/mol. The van der Waals surface area contributed by atoms with Crippen LogP contribution in [0.2, 0.25) is 5.02 Å². The molecule has 0 spiro atoms. The molecule has 2 heterocycles. The molecule has 0 aromatic heterocycles. The van der Waals surface area contributed by atoms with Crippen LogP contribution in [0.1, 0.15) is 12.0 Å². The molecule has 2 saturated heterocycles. The number of hydrogen-bond donors (Lipinski definition) is 1. The van der Waals surface area contributed by atoms with Gasteiger partial charge in [-0.2, -0.15) is 0 Å². The molecule has 2 aliphatic heterocycles. The predicted octanol–water partition coefficient (Wildman–Crippen LogP) is 1.13. The van der Waals surface area contributed by atoms with Crippen LogP contribution in [0.25, 0.3) is 0 Å². The van der Waals surface area contributed by atoms with Gasteiger partial charge in [0.25, 0.3) is 0 Å². The third-order valence-corrected chi connectivity index (χ3v) is 5.19. The van der Waals surface area contributed by atoms with Crippen molar-refractivity contribution >= 4 is 23.4 Å². The smallest absolute Gasteiger partial charge is 0.225 e. The van der Waals surface area contributed by atoms with Crippen LogP contribution in [0.5, 0.6) is 5.75 Å². The molecule has 1 unspecified atom stereocenters. The maximum Gasteiger partial charge on any atom is 0.225 e. The molecule has 6 nitrogen and oxygen atoms in total. The SMILES string of the molecule is CNC(=O)C1CC(=O)N(C2CN(Cc3c(Cl)cccc3OC)C2)C1. The van der Waals surface area contributed by atoms with Gasteiger partial charge in [-0.1, -0.05) is 17.7 Å². The third-order valence-electron chi connectivity index (χ3n) is 4.83. The van der Waals surface area contributed by atoms with Gasteiger partial charge in [0.05, 0.1) is 19.1 Å². The molecule has 1 atom stereocenters. The summed E-state index contributed by atoms with van der Waals surface area (Å²) in [6.45, 7) is 2.80. The van der Waals surface area contributed by atoms with E-state index in [9.17, 15) is 9.59 Å². The standard InChI is InChI=1S/C17H22ClN3O3/c1-19-17(23)11-6-16(22)21(7-11)12-8-20(9-12)10-13-14(18)4-3-5-15(13)24-2/h3-5,11-12H,6-10H2,1-2H3,(H,19,23). The molecule has 1 aromatic carbocycles. The number of carbonyl (C=O) groups excluding carboxylic acids is 2. The number of carbonyl (C=O) groups is 2. The normalized spacial score (nSPS) is 21.7. The van der Waals surface area contributed by atoms with Crippen LogP contribution in [0.15, 0.2) is 18.2 Å². The van der Waals surface area contributed by atoms with Crippen molar-refractivity contribution in [1.82, 2.24) is 15.1 Å². The molecule has 2 amide bonds. The third kappa shape index (κ3) is 3.21. The monoisotopic (exact) mass is 351 g/mol. The van der Waals surface area contributed by atoms with Crippen LogP contribution >= 0.6 is 11.6 Å². The molecule has 130 valence electrons. The van der Waals surface area contributed by atoms with E-state index in [-0.39, 0.29) is 23.8 Å². The molecular formula is C17H22ClN3O3. The number of likely N-dealkylation sites (tertiary alicyclic amines) is 2. The first-order valence-electron chi connectivity index (χ1n) is 8.08. The van der Waals surface area contributed by atoms with Crippen LogP contribution in [-0.2, 0) is 16.1 Å². The number of amides is 2. The molecule has 7 heteroatoms. The number of hydrogen-bond acceptors (Lipinski definition) is 4. The maximum absolute atomic E-state index is 12.1. The Morgan fingerprint density at radius 1 is 1.38 bits per heavy atom. The van der Waals surface area contributed by atoms with E-state index in [0.29, 0.717) is 24.5 Å². The second kappa shape index (κ2) is 6.99. The molecule has 24 heavy (non-hydrogen) atoms. The molecular weight excluding hydrogens is 330 g/mol. The van der Waals surface area contributed by atoms with Crippen molar-refractivity contribution in [2.45, 2.75) is 19.0 Å². The molecule has 1 aromatic rings. The van der Waals surface area contributed by atoms with E-state index >= 15 is 0 Å². The number of methoxy groups -OCH3 is 1. The Hall–Kier alpha value is -1.79. The number of nitrogens with zero attached hydrogens (tertiary/aromatic N) is 2. The van der Waals surface area contributed by atoms with E-state index in [1.807, 2.05) is 23.1 Å². The molecule has 0 saturated carbocycles. The summed E-state index contributed by atoms with van der Waals surface area (Å²) < 4.78 is 5.37. The van der Waals surface area contributed by atoms with Gasteiger partial charge < -0.3 is 15.0 Å². The summed E-state index contributed by atoms with van der Waals surface area (Å²) in [4.78, 5) is 27.9. The minimum absolute atomic E-state index is 0.0529. The van der Waals surface area contributed by atoms with E-state index in [2.05, 4.69) is 10.2 Å². The van der Waals surface area contributed by atoms with E-state index < -0.39 is 0 Å². The van der Waals surface area contributed by atoms with Crippen molar-refractivity contribution in [3.8, 4) is 5.75 Å². The minimum Gasteiger partial charge on any atom is -0.496 e. The highest BCUT2D eigenvalue weighted by atomic mass is 35.5. The second-order valence-corrected chi connectivity index (χ2v) is 6.74. The summed E-state index contributed by atoms with van der Waals surface area (Å²) in [6, 6.07) is 5.80. The maximum atomic E-state index is 12.1. The first kappa shape index (κ1) is 17.0. The molecule has 3 rings (SSSR count). The largest absolute Gasteiger partial charge is 0.496 e. The summed E-state index contributed by atoms with van der Waals surface area (Å²) >= 11 is 6.27.